The van der Waals surface area contributed by atoms with Crippen molar-refractivity contribution in [3.63, 3.8) is 0 Å². The van der Waals surface area contributed by atoms with E-state index in [-0.39, 0.29) is 76.7 Å². The van der Waals surface area contributed by atoms with Crippen molar-refractivity contribution in [2.24, 2.45) is 22.9 Å². The Morgan fingerprint density at radius 2 is 1.61 bits per heavy atom. The van der Waals surface area contributed by atoms with Gasteiger partial charge in [0.2, 0.25) is 5.79 Å². The summed E-state index contributed by atoms with van der Waals surface area (Å²) in [5, 5.41) is 58.7. The first-order valence-corrected chi connectivity index (χ1v) is 27.5. The van der Waals surface area contributed by atoms with Crippen LogP contribution in [0.3, 0.4) is 0 Å². The van der Waals surface area contributed by atoms with Gasteiger partial charge in [-0.2, -0.15) is 5.26 Å². The molecule has 2 aliphatic carbocycles. The third-order valence-corrected chi connectivity index (χ3v) is 14.8. The lowest BCUT2D eigenvalue weighted by atomic mass is 9.55. The summed E-state index contributed by atoms with van der Waals surface area (Å²) in [6.07, 6.45) is 19.0. The van der Waals surface area contributed by atoms with Gasteiger partial charge < -0.3 is 49.3 Å². The summed E-state index contributed by atoms with van der Waals surface area (Å²) < 4.78 is 26.3. The summed E-state index contributed by atoms with van der Waals surface area (Å²) in [5.74, 6) is -2.58. The highest BCUT2D eigenvalue weighted by atomic mass is 16.7. The molecule has 6 atom stereocenters. The lowest BCUT2D eigenvalue weighted by molar-refractivity contribution is -0.384. The monoisotopic (exact) mass is 1050 g/mol. The van der Waals surface area contributed by atoms with Gasteiger partial charge in [0.25, 0.3) is 11.6 Å². The normalized spacial score (nSPS) is 20.8. The van der Waals surface area contributed by atoms with Crippen molar-refractivity contribution in [2.45, 2.75) is 140 Å². The number of nitrogens with one attached hydrogen (secondary N) is 1. The molecule has 0 radical (unpaired) electrons. The average molecular weight is 1050 g/mol. The van der Waals surface area contributed by atoms with E-state index in [4.69, 9.17) is 28.9 Å². The summed E-state index contributed by atoms with van der Waals surface area (Å²) in [6.45, 7) is 6.60. The van der Waals surface area contributed by atoms with Crippen molar-refractivity contribution >= 4 is 23.4 Å². The first-order valence-electron chi connectivity index (χ1n) is 27.5. The number of amides is 2. The minimum absolute atomic E-state index is 0.00510. The van der Waals surface area contributed by atoms with Gasteiger partial charge in [0.15, 0.2) is 0 Å². The molecule has 0 bridgehead atoms. The van der Waals surface area contributed by atoms with E-state index in [0.29, 0.717) is 72.5 Å². The molecule has 3 aliphatic rings. The Balaban J connectivity index is 1.45. The number of nitrogens with zero attached hydrogens (tertiary/aromatic N) is 4. The summed E-state index contributed by atoms with van der Waals surface area (Å²) >= 11 is 0. The van der Waals surface area contributed by atoms with Crippen molar-refractivity contribution < 1.29 is 53.6 Å². The summed E-state index contributed by atoms with van der Waals surface area (Å²) in [7, 11) is 0. The van der Waals surface area contributed by atoms with Crippen LogP contribution < -0.4 is 14.8 Å². The second kappa shape index (κ2) is 31.2. The molecule has 3 aromatic carbocycles. The Kier molecular flexibility index (Phi) is 24.2. The zero-order valence-corrected chi connectivity index (χ0v) is 44.3. The molecule has 1 fully saturated rings. The number of allylic oxidation sites excluding steroid dienone is 1. The van der Waals surface area contributed by atoms with Gasteiger partial charge >= 0.3 is 6.09 Å². The molecule has 76 heavy (non-hydrogen) atoms. The van der Waals surface area contributed by atoms with Crippen molar-refractivity contribution in [1.29, 1.82) is 5.26 Å². The lowest BCUT2D eigenvalue weighted by Crippen LogP contribution is -2.70. The predicted octanol–water partition coefficient (Wildman–Crippen LogP) is 10.5. The summed E-state index contributed by atoms with van der Waals surface area (Å²) in [4.78, 5) is 47.5. The fraction of sp³-hybridized carbons (Fsp3) is 0.559. The maximum atomic E-state index is 15.2. The van der Waals surface area contributed by atoms with Gasteiger partial charge in [-0.1, -0.05) is 94.9 Å². The number of benzene rings is 3. The number of carbonyl (C=O) groups is 2. The molecule has 6 unspecified atom stereocenters. The Morgan fingerprint density at radius 3 is 2.26 bits per heavy atom. The maximum Gasteiger partial charge on any atom is 0.412 e. The van der Waals surface area contributed by atoms with E-state index in [0.717, 1.165) is 36.8 Å². The zero-order valence-electron chi connectivity index (χ0n) is 44.3. The van der Waals surface area contributed by atoms with Crippen molar-refractivity contribution in [1.82, 2.24) is 10.2 Å². The smallest absolute Gasteiger partial charge is 0.412 e. The number of carbonyl (C=O) groups excluding carboxylic acids is 2. The third-order valence-electron chi connectivity index (χ3n) is 14.8. The minimum atomic E-state index is -1.63. The quantitative estimate of drug-likeness (QED) is 0.0189. The van der Waals surface area contributed by atoms with Crippen LogP contribution in [0.2, 0.25) is 0 Å². The lowest BCUT2D eigenvalue weighted by Gasteiger charge is -2.60. The van der Waals surface area contributed by atoms with E-state index >= 15 is 4.79 Å². The van der Waals surface area contributed by atoms with E-state index in [2.05, 4.69) is 31.0 Å². The third kappa shape index (κ3) is 16.0. The molecule has 3 aromatic rings. The zero-order chi connectivity index (χ0) is 54.1. The number of nitriles is 1. The Hall–Kier alpha value is -6.16. The number of hydrogen-bond donors (Lipinski definition) is 4. The minimum Gasteiger partial charge on any atom is -0.459 e. The largest absolute Gasteiger partial charge is 0.459 e. The highest BCUT2D eigenvalue weighted by Gasteiger charge is 2.65. The van der Waals surface area contributed by atoms with Crippen molar-refractivity contribution in [2.75, 3.05) is 52.7 Å². The number of hydrogen-bond acceptors (Lipinski definition) is 14. The van der Waals surface area contributed by atoms with Gasteiger partial charge in [0.05, 0.1) is 54.6 Å². The molecular weight excluding hydrogens is 971 g/mol. The molecule has 6 rings (SSSR count). The van der Waals surface area contributed by atoms with Crippen LogP contribution in [0.25, 0.3) is 0 Å². The molecule has 1 heterocycles. The van der Waals surface area contributed by atoms with Gasteiger partial charge in [-0.15, -0.1) is 6.58 Å². The van der Waals surface area contributed by atoms with Crippen molar-refractivity contribution in [3.05, 3.63) is 123 Å². The van der Waals surface area contributed by atoms with E-state index in [9.17, 15) is 35.5 Å². The number of aliphatic hydroxyl groups excluding tert-OH is 3. The standard InChI is InChI=1S/C59H79N5O12/c1-3-5-6-7-8-9-10-11-12-15-30-61-58(69)75-48-28-29-53-51(39-48)55-49(19-14-17-33-66)46(18-13-16-32-65)38-50-52(62-74-42-44-22-26-47(27-23-44)64(70)71)40-54(59(76-53,56(50)55)73-35-4-2)63(31-36-72-37-34-67)57(68)45-24-20-43(41-60)21-25-45/h4,20-29,38-39,46,49,54-56,65-67H,2-3,5-19,30-37,40,42H2,1H3,(H,61,69). The van der Waals surface area contributed by atoms with E-state index in [1.807, 2.05) is 6.07 Å². The number of nitro groups is 1. The molecule has 2 amide bonds. The first-order chi connectivity index (χ1) is 37.1. The number of aliphatic hydroxyl groups is 3. The van der Waals surface area contributed by atoms with Gasteiger partial charge in [-0.3, -0.25) is 14.9 Å². The number of unbranched alkanes of at least 4 members (excludes halogenated alkanes) is 11. The molecule has 0 aromatic heterocycles. The number of ether oxygens (including phenoxy) is 4. The number of rotatable bonds is 34. The van der Waals surface area contributed by atoms with Crippen LogP contribution in [0.5, 0.6) is 11.5 Å². The molecule has 4 N–H and O–H groups in total. The van der Waals surface area contributed by atoms with Gasteiger partial charge in [-0.25, -0.2) is 4.79 Å². The highest BCUT2D eigenvalue weighted by molar-refractivity contribution is 6.03. The molecule has 1 saturated carbocycles. The Labute approximate surface area is 448 Å². The Morgan fingerprint density at radius 1 is 0.908 bits per heavy atom. The molecule has 1 aliphatic heterocycles. The molecule has 412 valence electrons. The topological polar surface area (TPSA) is 236 Å². The number of nitro benzene ring substituents is 1. The second-order valence-electron chi connectivity index (χ2n) is 20.0. The van der Waals surface area contributed by atoms with Gasteiger partial charge in [0.1, 0.15) is 24.1 Å². The number of non-ortho nitro benzene ring substituents is 1. The van der Waals surface area contributed by atoms with Crippen molar-refractivity contribution in [3.8, 4) is 17.6 Å². The maximum absolute atomic E-state index is 15.2. The summed E-state index contributed by atoms with van der Waals surface area (Å²) in [6, 6.07) is 18.9. The van der Waals surface area contributed by atoms with Crippen LogP contribution in [0.1, 0.15) is 149 Å². The molecule has 0 spiro atoms. The SMILES string of the molecule is C=CCOC12Oc3ccc(OC(=O)NCCCCCCCCCCCC)cc3C3C(CCCCO)C(CCCCO)C=C(C(=NOCc4ccc([N+](=O)[O-])cc4)CC1N(CCOCCO)C(=O)c1ccc(C#N)cc1)C32. The van der Waals surface area contributed by atoms with Crippen LogP contribution >= 0.6 is 0 Å². The average Bonchev–Trinajstić information content (AvgIpc) is 3.58. The predicted molar refractivity (Wildman–Crippen MR) is 289 cm³/mol. The molecule has 0 saturated heterocycles. The number of oxime groups is 1. The second-order valence-corrected chi connectivity index (χ2v) is 20.0. The van der Waals surface area contributed by atoms with Gasteiger partial charge in [-0.05, 0) is 110 Å². The van der Waals surface area contributed by atoms with Crippen LogP contribution in [-0.2, 0) is 20.9 Å². The van der Waals surface area contributed by atoms with Crippen LogP contribution in [0.15, 0.2) is 96.2 Å². The van der Waals surface area contributed by atoms with Crippen LogP contribution in [-0.4, -0.2) is 107 Å². The molecule has 17 nitrogen and oxygen atoms in total. The van der Waals surface area contributed by atoms with Crippen LogP contribution in [0, 0.1) is 39.2 Å². The molecule has 17 heteroatoms. The van der Waals surface area contributed by atoms with E-state index < -0.39 is 40.6 Å². The van der Waals surface area contributed by atoms with E-state index in [1.165, 1.54) is 57.1 Å². The fourth-order valence-corrected chi connectivity index (χ4v) is 11.1. The highest BCUT2D eigenvalue weighted by Crippen LogP contribution is 2.62. The first kappa shape index (κ1) is 59.1. The number of fused-ring (bicyclic) bond motifs is 2. The van der Waals surface area contributed by atoms with E-state index in [1.54, 1.807) is 59.5 Å². The van der Waals surface area contributed by atoms with Gasteiger partial charge in [0, 0.05) is 61.9 Å². The van der Waals surface area contributed by atoms with Crippen LogP contribution in [0.4, 0.5) is 10.5 Å². The molecular formula is C59H79N5O12. The fourth-order valence-electron chi connectivity index (χ4n) is 11.1. The summed E-state index contributed by atoms with van der Waals surface area (Å²) in [5.41, 5.74) is 3.30. The Bertz CT molecular complexity index is 2420.